The molecule has 1 aliphatic rings. The van der Waals surface area contributed by atoms with Gasteiger partial charge in [-0.25, -0.2) is 15.0 Å². The molecule has 0 atom stereocenters. The summed E-state index contributed by atoms with van der Waals surface area (Å²) in [5.41, 5.74) is 2.31. The van der Waals surface area contributed by atoms with Crippen LogP contribution in [0.4, 0.5) is 0 Å². The molecular weight excluding hydrogens is 337 g/mol. The van der Waals surface area contributed by atoms with E-state index < -0.39 is 0 Å². The third kappa shape index (κ3) is 3.54. The monoisotopic (exact) mass is 353 g/mol. The van der Waals surface area contributed by atoms with Crippen LogP contribution in [0.5, 0.6) is 0 Å². The van der Waals surface area contributed by atoms with Crippen molar-refractivity contribution in [3.63, 3.8) is 0 Å². The number of halogens is 2. The average Bonchev–Trinajstić information content (AvgIpc) is 2.51. The first kappa shape index (κ1) is 16.4. The molecule has 0 fully saturated rings. The number of rotatable bonds is 4. The molecule has 0 unspecified atom stereocenters. The Morgan fingerprint density at radius 1 is 1.30 bits per heavy atom. The number of H-pyrrole nitrogens is 1. The number of fused-ring (bicyclic) bond motifs is 1. The highest BCUT2D eigenvalue weighted by Crippen LogP contribution is 2.24. The van der Waals surface area contributed by atoms with Gasteiger partial charge in [-0.05, 0) is 12.8 Å². The molecule has 0 saturated carbocycles. The van der Waals surface area contributed by atoms with Gasteiger partial charge in [0.15, 0.2) is 0 Å². The van der Waals surface area contributed by atoms with Crippen molar-refractivity contribution in [2.45, 2.75) is 39.3 Å². The topological polar surface area (TPSA) is 74.8 Å². The number of aromatic nitrogens is 4. The van der Waals surface area contributed by atoms with Gasteiger partial charge in [0.2, 0.25) is 0 Å². The van der Waals surface area contributed by atoms with Gasteiger partial charge in [0, 0.05) is 37.2 Å². The van der Waals surface area contributed by atoms with Crippen molar-refractivity contribution >= 4 is 23.2 Å². The Bertz CT molecular complexity index is 757. The lowest BCUT2D eigenvalue weighted by Gasteiger charge is -2.28. The SMILES string of the molecule is CCCc1nc2c(c(=O)[nH]1)CCN(Cc1c(Cl)ncnc1Cl)C2. The predicted octanol–water partition coefficient (Wildman–Crippen LogP) is 2.38. The zero-order chi connectivity index (χ0) is 16.4. The van der Waals surface area contributed by atoms with Crippen LogP contribution in [0, 0.1) is 0 Å². The molecule has 1 aliphatic heterocycles. The highest BCUT2D eigenvalue weighted by molar-refractivity contribution is 6.34. The third-order valence-corrected chi connectivity index (χ3v) is 4.56. The highest BCUT2D eigenvalue weighted by Gasteiger charge is 2.22. The second-order valence-corrected chi connectivity index (χ2v) is 6.30. The number of nitrogens with one attached hydrogen (secondary N) is 1. The summed E-state index contributed by atoms with van der Waals surface area (Å²) in [6.45, 7) is 3.94. The lowest BCUT2D eigenvalue weighted by molar-refractivity contribution is 0.239. The van der Waals surface area contributed by atoms with Gasteiger partial charge < -0.3 is 4.98 Å². The standard InChI is InChI=1S/C15H17Cl2N5O/c1-2-3-12-20-11-7-22(5-4-9(11)15(23)21-12)6-10-13(16)18-8-19-14(10)17/h8H,2-7H2,1H3,(H,20,21,23). The van der Waals surface area contributed by atoms with Crippen molar-refractivity contribution in [3.05, 3.63) is 49.6 Å². The fourth-order valence-electron chi connectivity index (χ4n) is 2.76. The van der Waals surface area contributed by atoms with Gasteiger partial charge in [0.1, 0.15) is 22.5 Å². The first-order chi connectivity index (χ1) is 11.1. The van der Waals surface area contributed by atoms with E-state index >= 15 is 0 Å². The van der Waals surface area contributed by atoms with Crippen molar-refractivity contribution in [2.75, 3.05) is 6.54 Å². The van der Waals surface area contributed by atoms with Crippen LogP contribution in [-0.4, -0.2) is 31.4 Å². The van der Waals surface area contributed by atoms with Crippen molar-refractivity contribution in [2.24, 2.45) is 0 Å². The van der Waals surface area contributed by atoms with E-state index in [0.717, 1.165) is 36.5 Å². The van der Waals surface area contributed by atoms with E-state index in [2.05, 4.69) is 31.8 Å². The van der Waals surface area contributed by atoms with Crippen LogP contribution in [0.2, 0.25) is 10.3 Å². The molecule has 0 aliphatic carbocycles. The Balaban J connectivity index is 1.83. The quantitative estimate of drug-likeness (QED) is 0.854. The molecule has 3 heterocycles. The smallest absolute Gasteiger partial charge is 0.254 e. The van der Waals surface area contributed by atoms with Crippen molar-refractivity contribution in [1.82, 2.24) is 24.8 Å². The van der Waals surface area contributed by atoms with Crippen LogP contribution < -0.4 is 5.56 Å². The number of hydrogen-bond donors (Lipinski definition) is 1. The molecule has 122 valence electrons. The number of nitrogens with zero attached hydrogens (tertiary/aromatic N) is 4. The van der Waals surface area contributed by atoms with Gasteiger partial charge in [-0.15, -0.1) is 0 Å². The Morgan fingerprint density at radius 2 is 2.04 bits per heavy atom. The van der Waals surface area contributed by atoms with Gasteiger partial charge in [0.25, 0.3) is 5.56 Å². The summed E-state index contributed by atoms with van der Waals surface area (Å²) in [6.07, 6.45) is 3.72. The summed E-state index contributed by atoms with van der Waals surface area (Å²) in [6, 6.07) is 0. The molecule has 6 nitrogen and oxygen atoms in total. The Hall–Kier alpha value is -1.50. The number of hydrogen-bond acceptors (Lipinski definition) is 5. The lowest BCUT2D eigenvalue weighted by Crippen LogP contribution is -2.35. The Kier molecular flexibility index (Phi) is 4.94. The summed E-state index contributed by atoms with van der Waals surface area (Å²) in [5, 5.41) is 0.725. The zero-order valence-corrected chi connectivity index (χ0v) is 14.3. The normalized spacial score (nSPS) is 14.7. The molecule has 0 saturated heterocycles. The maximum atomic E-state index is 12.2. The van der Waals surface area contributed by atoms with E-state index in [1.165, 1.54) is 6.33 Å². The van der Waals surface area contributed by atoms with E-state index in [9.17, 15) is 4.79 Å². The molecule has 0 bridgehead atoms. The number of aryl methyl sites for hydroxylation is 1. The van der Waals surface area contributed by atoms with E-state index in [1.807, 2.05) is 0 Å². The van der Waals surface area contributed by atoms with Crippen LogP contribution in [0.1, 0.15) is 36.0 Å². The van der Waals surface area contributed by atoms with Crippen molar-refractivity contribution < 1.29 is 0 Å². The fraction of sp³-hybridized carbons (Fsp3) is 0.467. The Labute approximate surface area is 143 Å². The van der Waals surface area contributed by atoms with Crippen LogP contribution in [-0.2, 0) is 25.9 Å². The van der Waals surface area contributed by atoms with Crippen molar-refractivity contribution in [1.29, 1.82) is 0 Å². The summed E-state index contributed by atoms with van der Waals surface area (Å²) >= 11 is 12.2. The van der Waals surface area contributed by atoms with Gasteiger partial charge >= 0.3 is 0 Å². The molecule has 3 rings (SSSR count). The molecule has 0 amide bonds. The minimum Gasteiger partial charge on any atom is -0.310 e. The van der Waals surface area contributed by atoms with E-state index in [1.54, 1.807) is 0 Å². The van der Waals surface area contributed by atoms with Gasteiger partial charge in [-0.2, -0.15) is 0 Å². The molecule has 0 radical (unpaired) electrons. The molecule has 2 aromatic heterocycles. The minimum atomic E-state index is -0.0165. The second kappa shape index (κ2) is 6.95. The lowest BCUT2D eigenvalue weighted by atomic mass is 10.1. The van der Waals surface area contributed by atoms with E-state index in [0.29, 0.717) is 35.4 Å². The van der Waals surface area contributed by atoms with Crippen LogP contribution in [0.15, 0.2) is 11.1 Å². The summed E-state index contributed by atoms with van der Waals surface area (Å²) < 4.78 is 0. The van der Waals surface area contributed by atoms with Gasteiger partial charge in [-0.1, -0.05) is 30.1 Å². The average molecular weight is 354 g/mol. The van der Waals surface area contributed by atoms with Crippen LogP contribution >= 0.6 is 23.2 Å². The van der Waals surface area contributed by atoms with Gasteiger partial charge in [-0.3, -0.25) is 9.69 Å². The molecule has 0 spiro atoms. The van der Waals surface area contributed by atoms with Gasteiger partial charge in [0.05, 0.1) is 5.69 Å². The van der Waals surface area contributed by atoms with E-state index in [4.69, 9.17) is 23.2 Å². The maximum absolute atomic E-state index is 12.2. The summed E-state index contributed by atoms with van der Waals surface area (Å²) in [5.74, 6) is 0.747. The summed E-state index contributed by atoms with van der Waals surface area (Å²) in [4.78, 5) is 29.7. The largest absolute Gasteiger partial charge is 0.310 e. The minimum absolute atomic E-state index is 0.0165. The zero-order valence-electron chi connectivity index (χ0n) is 12.8. The van der Waals surface area contributed by atoms with Crippen LogP contribution in [0.25, 0.3) is 0 Å². The second-order valence-electron chi connectivity index (χ2n) is 5.58. The van der Waals surface area contributed by atoms with Crippen molar-refractivity contribution in [3.8, 4) is 0 Å². The molecular formula is C15H17Cl2N5O. The third-order valence-electron chi connectivity index (χ3n) is 3.91. The van der Waals surface area contributed by atoms with E-state index in [-0.39, 0.29) is 5.56 Å². The first-order valence-electron chi connectivity index (χ1n) is 7.56. The first-order valence-corrected chi connectivity index (χ1v) is 8.32. The molecule has 8 heteroatoms. The molecule has 23 heavy (non-hydrogen) atoms. The predicted molar refractivity (Wildman–Crippen MR) is 88.7 cm³/mol. The molecule has 1 N–H and O–H groups in total. The number of aromatic amines is 1. The van der Waals surface area contributed by atoms with Crippen LogP contribution in [0.3, 0.4) is 0 Å². The molecule has 2 aromatic rings. The Morgan fingerprint density at radius 3 is 2.74 bits per heavy atom. The molecule has 0 aromatic carbocycles. The fourth-order valence-corrected chi connectivity index (χ4v) is 3.19. The maximum Gasteiger partial charge on any atom is 0.254 e. The summed E-state index contributed by atoms with van der Waals surface area (Å²) in [7, 11) is 0. The highest BCUT2D eigenvalue weighted by atomic mass is 35.5.